The van der Waals surface area contributed by atoms with Crippen molar-refractivity contribution in [1.29, 1.82) is 0 Å². The predicted molar refractivity (Wildman–Crippen MR) is 76.0 cm³/mol. The highest BCUT2D eigenvalue weighted by Gasteiger charge is 2.32. The Hall–Kier alpha value is -0.120. The van der Waals surface area contributed by atoms with Crippen LogP contribution in [0.4, 0.5) is 0 Å². The first-order valence-electron chi connectivity index (χ1n) is 7.78. The van der Waals surface area contributed by atoms with Gasteiger partial charge in [-0.1, -0.05) is 6.42 Å². The third-order valence-corrected chi connectivity index (χ3v) is 4.61. The van der Waals surface area contributed by atoms with Gasteiger partial charge in [0.2, 0.25) is 0 Å². The number of fused-ring (bicyclic) bond motifs is 1. The first-order valence-corrected chi connectivity index (χ1v) is 7.78. The summed E-state index contributed by atoms with van der Waals surface area (Å²) in [6.07, 6.45) is 8.14. The molecule has 2 aliphatic rings. The molecule has 106 valence electrons. The third kappa shape index (κ3) is 3.94. The number of hydrogen-bond acceptors (Lipinski definition) is 3. The Morgan fingerprint density at radius 1 is 1.11 bits per heavy atom. The molecule has 0 bridgehead atoms. The molecule has 2 saturated heterocycles. The van der Waals surface area contributed by atoms with E-state index in [4.69, 9.17) is 4.74 Å². The highest BCUT2D eigenvalue weighted by molar-refractivity contribution is 4.88. The molecule has 0 spiro atoms. The van der Waals surface area contributed by atoms with Crippen LogP contribution in [-0.2, 0) is 4.74 Å². The highest BCUT2D eigenvalue weighted by atomic mass is 16.5. The monoisotopic (exact) mass is 254 g/mol. The van der Waals surface area contributed by atoms with Gasteiger partial charge in [0.25, 0.3) is 0 Å². The average molecular weight is 254 g/mol. The molecule has 2 atom stereocenters. The minimum atomic E-state index is 0.752. The van der Waals surface area contributed by atoms with E-state index in [0.29, 0.717) is 0 Å². The number of hydrogen-bond donors (Lipinski definition) is 0. The van der Waals surface area contributed by atoms with Crippen molar-refractivity contribution in [1.82, 2.24) is 9.80 Å². The zero-order valence-corrected chi connectivity index (χ0v) is 12.2. The second kappa shape index (κ2) is 7.46. The van der Waals surface area contributed by atoms with Gasteiger partial charge in [-0.15, -0.1) is 0 Å². The summed E-state index contributed by atoms with van der Waals surface area (Å²) < 4.78 is 5.11. The van der Waals surface area contributed by atoms with Crippen molar-refractivity contribution in [2.45, 2.75) is 57.5 Å². The molecule has 2 fully saturated rings. The molecule has 0 saturated carbocycles. The lowest BCUT2D eigenvalue weighted by atomic mass is 9.97. The smallest absolute Gasteiger partial charge is 0.0462 e. The molecule has 0 aromatic carbocycles. The van der Waals surface area contributed by atoms with Crippen LogP contribution in [0, 0.1) is 0 Å². The van der Waals surface area contributed by atoms with Crippen molar-refractivity contribution in [2.75, 3.05) is 39.9 Å². The lowest BCUT2D eigenvalue weighted by molar-refractivity contribution is 0.0144. The Morgan fingerprint density at radius 2 is 2.00 bits per heavy atom. The summed E-state index contributed by atoms with van der Waals surface area (Å²) in [5, 5.41) is 0. The molecule has 18 heavy (non-hydrogen) atoms. The predicted octanol–water partition coefficient (Wildman–Crippen LogP) is 2.36. The summed E-state index contributed by atoms with van der Waals surface area (Å²) in [6.45, 7) is 8.56. The van der Waals surface area contributed by atoms with Crippen LogP contribution in [0.15, 0.2) is 0 Å². The molecule has 0 amide bonds. The Labute approximate surface area is 112 Å². The third-order valence-electron chi connectivity index (χ3n) is 4.61. The van der Waals surface area contributed by atoms with E-state index in [2.05, 4.69) is 16.7 Å². The Morgan fingerprint density at radius 3 is 2.83 bits per heavy atom. The minimum absolute atomic E-state index is 0.752. The van der Waals surface area contributed by atoms with Crippen molar-refractivity contribution in [3.05, 3.63) is 0 Å². The number of piperidine rings is 1. The number of unbranched alkanes of at least 4 members (excludes halogenated alkanes) is 2. The molecule has 0 aromatic heterocycles. The molecule has 2 unspecified atom stereocenters. The minimum Gasteiger partial charge on any atom is -0.385 e. The quantitative estimate of drug-likeness (QED) is 0.677. The first kappa shape index (κ1) is 14.3. The second-order valence-electron chi connectivity index (χ2n) is 6.04. The van der Waals surface area contributed by atoms with Gasteiger partial charge in [0.1, 0.15) is 0 Å². The fourth-order valence-corrected chi connectivity index (χ4v) is 3.46. The van der Waals surface area contributed by atoms with E-state index in [1.807, 2.05) is 0 Å². The van der Waals surface area contributed by atoms with E-state index >= 15 is 0 Å². The maximum atomic E-state index is 5.11. The van der Waals surface area contributed by atoms with Crippen molar-refractivity contribution in [2.24, 2.45) is 0 Å². The Bertz CT molecular complexity index is 235. The lowest BCUT2D eigenvalue weighted by Crippen LogP contribution is -2.58. The maximum Gasteiger partial charge on any atom is 0.0462 e. The Balaban J connectivity index is 1.68. The summed E-state index contributed by atoms with van der Waals surface area (Å²) in [4.78, 5) is 5.45. The van der Waals surface area contributed by atoms with E-state index in [1.165, 1.54) is 64.7 Å². The summed E-state index contributed by atoms with van der Waals surface area (Å²) in [6, 6.07) is 1.61. The highest BCUT2D eigenvalue weighted by Crippen LogP contribution is 2.24. The SMILES string of the molecule is COCCCCCN1CC2CCCCN2CC1C. The van der Waals surface area contributed by atoms with Gasteiger partial charge in [0.05, 0.1) is 0 Å². The van der Waals surface area contributed by atoms with Gasteiger partial charge in [0, 0.05) is 38.9 Å². The second-order valence-corrected chi connectivity index (χ2v) is 6.04. The maximum absolute atomic E-state index is 5.11. The van der Waals surface area contributed by atoms with Crippen molar-refractivity contribution >= 4 is 0 Å². The number of ether oxygens (including phenoxy) is 1. The van der Waals surface area contributed by atoms with Crippen LogP contribution < -0.4 is 0 Å². The molecule has 0 aliphatic carbocycles. The topological polar surface area (TPSA) is 15.7 Å². The van der Waals surface area contributed by atoms with Gasteiger partial charge in [0.15, 0.2) is 0 Å². The van der Waals surface area contributed by atoms with Crippen LogP contribution in [-0.4, -0.2) is 61.8 Å². The molecular weight excluding hydrogens is 224 g/mol. The van der Waals surface area contributed by atoms with Gasteiger partial charge < -0.3 is 4.74 Å². The van der Waals surface area contributed by atoms with E-state index in [0.717, 1.165) is 18.7 Å². The van der Waals surface area contributed by atoms with E-state index < -0.39 is 0 Å². The van der Waals surface area contributed by atoms with Crippen LogP contribution in [0.1, 0.15) is 45.4 Å². The number of piperazine rings is 1. The van der Waals surface area contributed by atoms with Gasteiger partial charge >= 0.3 is 0 Å². The van der Waals surface area contributed by atoms with Crippen molar-refractivity contribution in [3.8, 4) is 0 Å². The molecule has 3 nitrogen and oxygen atoms in total. The largest absolute Gasteiger partial charge is 0.385 e. The molecule has 3 heteroatoms. The summed E-state index contributed by atoms with van der Waals surface area (Å²) in [7, 11) is 1.80. The van der Waals surface area contributed by atoms with E-state index in [1.54, 1.807) is 7.11 Å². The summed E-state index contributed by atoms with van der Waals surface area (Å²) in [5.41, 5.74) is 0. The average Bonchev–Trinajstić information content (AvgIpc) is 2.39. The molecule has 2 rings (SSSR count). The van der Waals surface area contributed by atoms with Crippen molar-refractivity contribution in [3.63, 3.8) is 0 Å². The molecule has 0 N–H and O–H groups in total. The van der Waals surface area contributed by atoms with E-state index in [-0.39, 0.29) is 0 Å². The van der Waals surface area contributed by atoms with Gasteiger partial charge in [-0.25, -0.2) is 0 Å². The van der Waals surface area contributed by atoms with Crippen LogP contribution in [0.5, 0.6) is 0 Å². The Kier molecular flexibility index (Phi) is 5.93. The standard InChI is InChI=1S/C15H30N2O/c1-14-12-17-10-6-4-8-15(17)13-16(14)9-5-3-7-11-18-2/h14-15H,3-13H2,1-2H3. The lowest BCUT2D eigenvalue weighted by Gasteiger charge is -2.47. The number of methoxy groups -OCH3 is 1. The molecule has 0 radical (unpaired) electrons. The fourth-order valence-electron chi connectivity index (χ4n) is 3.46. The summed E-state index contributed by atoms with van der Waals surface area (Å²) in [5.74, 6) is 0. The molecule has 2 aliphatic heterocycles. The molecular formula is C15H30N2O. The van der Waals surface area contributed by atoms with Crippen molar-refractivity contribution < 1.29 is 4.74 Å². The zero-order valence-electron chi connectivity index (χ0n) is 12.2. The number of rotatable bonds is 6. The normalized spacial score (nSPS) is 30.3. The molecule has 0 aromatic rings. The number of nitrogens with zero attached hydrogens (tertiary/aromatic N) is 2. The fraction of sp³-hybridized carbons (Fsp3) is 1.00. The van der Waals surface area contributed by atoms with Gasteiger partial charge in [-0.05, 0) is 52.1 Å². The van der Waals surface area contributed by atoms with E-state index in [9.17, 15) is 0 Å². The van der Waals surface area contributed by atoms with Crippen LogP contribution in [0.3, 0.4) is 0 Å². The van der Waals surface area contributed by atoms with Gasteiger partial charge in [-0.2, -0.15) is 0 Å². The summed E-state index contributed by atoms with van der Waals surface area (Å²) >= 11 is 0. The molecule has 2 heterocycles. The van der Waals surface area contributed by atoms with Crippen LogP contribution in [0.25, 0.3) is 0 Å². The zero-order chi connectivity index (χ0) is 12.8. The first-order chi connectivity index (χ1) is 8.81. The van der Waals surface area contributed by atoms with Gasteiger partial charge in [-0.3, -0.25) is 9.80 Å². The van der Waals surface area contributed by atoms with Crippen LogP contribution in [0.2, 0.25) is 0 Å². The van der Waals surface area contributed by atoms with Crippen LogP contribution >= 0.6 is 0 Å².